The number of benzene rings is 1. The average molecular weight is 248 g/mol. The van der Waals surface area contributed by atoms with E-state index in [9.17, 15) is 4.79 Å². The SMILES string of the molecule is CN(Cc1cccc(N)c1)C(=O)C1(C)CCCO1. The van der Waals surface area contributed by atoms with Crippen LogP contribution in [0, 0.1) is 0 Å². The number of anilines is 1. The molecule has 1 saturated heterocycles. The van der Waals surface area contributed by atoms with Gasteiger partial charge in [0.15, 0.2) is 0 Å². The van der Waals surface area contributed by atoms with Crippen LogP contribution in [0.4, 0.5) is 5.69 Å². The van der Waals surface area contributed by atoms with E-state index in [1.54, 1.807) is 11.9 Å². The van der Waals surface area contributed by atoms with Gasteiger partial charge in [0, 0.05) is 25.9 Å². The predicted octanol–water partition coefficient (Wildman–Crippen LogP) is 1.80. The second kappa shape index (κ2) is 4.98. The Bertz CT molecular complexity index is 439. The van der Waals surface area contributed by atoms with Crippen molar-refractivity contribution in [3.63, 3.8) is 0 Å². The standard InChI is InChI=1S/C14H20N2O2/c1-14(7-4-8-18-14)13(17)16(2)10-11-5-3-6-12(15)9-11/h3,5-6,9H,4,7-8,10,15H2,1-2H3. The molecule has 0 aromatic heterocycles. The number of carbonyl (C=O) groups is 1. The molecular formula is C14H20N2O2. The molecule has 4 nitrogen and oxygen atoms in total. The molecule has 1 aliphatic rings. The molecule has 2 rings (SSSR count). The summed E-state index contributed by atoms with van der Waals surface area (Å²) in [4.78, 5) is 14.0. The number of nitrogens with two attached hydrogens (primary N) is 1. The van der Waals surface area contributed by atoms with Crippen LogP contribution in [-0.2, 0) is 16.1 Å². The number of carbonyl (C=O) groups excluding carboxylic acids is 1. The number of likely N-dealkylation sites (N-methyl/N-ethyl adjacent to an activating group) is 1. The van der Waals surface area contributed by atoms with Gasteiger partial charge in [0.25, 0.3) is 5.91 Å². The maximum absolute atomic E-state index is 12.3. The normalized spacial score (nSPS) is 23.0. The first kappa shape index (κ1) is 12.9. The average Bonchev–Trinajstić information content (AvgIpc) is 2.76. The van der Waals surface area contributed by atoms with Gasteiger partial charge in [-0.25, -0.2) is 0 Å². The molecule has 0 radical (unpaired) electrons. The highest BCUT2D eigenvalue weighted by Gasteiger charge is 2.39. The molecule has 0 spiro atoms. The predicted molar refractivity (Wildman–Crippen MR) is 70.9 cm³/mol. The van der Waals surface area contributed by atoms with Crippen molar-refractivity contribution in [2.75, 3.05) is 19.4 Å². The minimum Gasteiger partial charge on any atom is -0.399 e. The van der Waals surface area contributed by atoms with E-state index in [0.29, 0.717) is 13.2 Å². The topological polar surface area (TPSA) is 55.6 Å². The Morgan fingerprint density at radius 1 is 1.56 bits per heavy atom. The molecule has 1 aromatic rings. The molecule has 1 fully saturated rings. The third-order valence-corrected chi connectivity index (χ3v) is 3.39. The molecule has 0 bridgehead atoms. The number of nitrogen functional groups attached to an aromatic ring is 1. The van der Waals surface area contributed by atoms with Crippen LogP contribution in [0.15, 0.2) is 24.3 Å². The van der Waals surface area contributed by atoms with Gasteiger partial charge in [0.05, 0.1) is 0 Å². The van der Waals surface area contributed by atoms with Crippen molar-refractivity contribution < 1.29 is 9.53 Å². The van der Waals surface area contributed by atoms with Crippen molar-refractivity contribution in [2.24, 2.45) is 0 Å². The lowest BCUT2D eigenvalue weighted by Crippen LogP contribution is -2.44. The minimum absolute atomic E-state index is 0.0439. The highest BCUT2D eigenvalue weighted by molar-refractivity contribution is 5.84. The van der Waals surface area contributed by atoms with E-state index in [4.69, 9.17) is 10.5 Å². The van der Waals surface area contributed by atoms with Gasteiger partial charge in [-0.3, -0.25) is 4.79 Å². The van der Waals surface area contributed by atoms with Crippen LogP contribution < -0.4 is 5.73 Å². The van der Waals surface area contributed by atoms with Crippen LogP contribution in [0.2, 0.25) is 0 Å². The first-order valence-corrected chi connectivity index (χ1v) is 6.25. The zero-order valence-electron chi connectivity index (χ0n) is 11.0. The van der Waals surface area contributed by atoms with Crippen LogP contribution in [0.1, 0.15) is 25.3 Å². The summed E-state index contributed by atoms with van der Waals surface area (Å²) in [5, 5.41) is 0. The molecular weight excluding hydrogens is 228 g/mol. The third kappa shape index (κ3) is 2.64. The van der Waals surface area contributed by atoms with E-state index < -0.39 is 5.60 Å². The third-order valence-electron chi connectivity index (χ3n) is 3.39. The number of nitrogens with zero attached hydrogens (tertiary/aromatic N) is 1. The Hall–Kier alpha value is -1.55. The Labute approximate surface area is 108 Å². The van der Waals surface area contributed by atoms with Crippen LogP contribution in [0.25, 0.3) is 0 Å². The molecule has 18 heavy (non-hydrogen) atoms. The molecule has 1 unspecified atom stereocenters. The molecule has 2 N–H and O–H groups in total. The van der Waals surface area contributed by atoms with Crippen molar-refractivity contribution >= 4 is 11.6 Å². The van der Waals surface area contributed by atoms with Gasteiger partial charge in [-0.05, 0) is 37.5 Å². The summed E-state index contributed by atoms with van der Waals surface area (Å²) in [6.45, 7) is 3.11. The molecule has 1 aromatic carbocycles. The molecule has 1 heterocycles. The summed E-state index contributed by atoms with van der Waals surface area (Å²) < 4.78 is 5.57. The van der Waals surface area contributed by atoms with E-state index in [-0.39, 0.29) is 5.91 Å². The zero-order valence-corrected chi connectivity index (χ0v) is 11.0. The summed E-state index contributed by atoms with van der Waals surface area (Å²) in [6, 6.07) is 7.60. The van der Waals surface area contributed by atoms with Gasteiger partial charge >= 0.3 is 0 Å². The number of hydrogen-bond acceptors (Lipinski definition) is 3. The Kier molecular flexibility index (Phi) is 3.57. The monoisotopic (exact) mass is 248 g/mol. The molecule has 0 aliphatic carbocycles. The van der Waals surface area contributed by atoms with Crippen LogP contribution in [-0.4, -0.2) is 30.1 Å². The maximum atomic E-state index is 12.3. The summed E-state index contributed by atoms with van der Waals surface area (Å²) in [6.07, 6.45) is 1.75. The maximum Gasteiger partial charge on any atom is 0.254 e. The molecule has 0 saturated carbocycles. The van der Waals surface area contributed by atoms with Crippen LogP contribution in [0.3, 0.4) is 0 Å². The van der Waals surface area contributed by atoms with Gasteiger partial charge in [-0.15, -0.1) is 0 Å². The van der Waals surface area contributed by atoms with E-state index >= 15 is 0 Å². The van der Waals surface area contributed by atoms with Crippen molar-refractivity contribution in [3.8, 4) is 0 Å². The molecule has 4 heteroatoms. The van der Waals surface area contributed by atoms with Crippen LogP contribution >= 0.6 is 0 Å². The first-order valence-electron chi connectivity index (χ1n) is 6.25. The van der Waals surface area contributed by atoms with E-state index in [2.05, 4.69) is 0 Å². The van der Waals surface area contributed by atoms with E-state index in [1.165, 1.54) is 0 Å². The smallest absolute Gasteiger partial charge is 0.254 e. The van der Waals surface area contributed by atoms with Crippen molar-refractivity contribution in [1.82, 2.24) is 4.90 Å². The lowest BCUT2D eigenvalue weighted by molar-refractivity contribution is -0.150. The van der Waals surface area contributed by atoms with Gasteiger partial charge < -0.3 is 15.4 Å². The lowest BCUT2D eigenvalue weighted by Gasteiger charge is -2.28. The summed E-state index contributed by atoms with van der Waals surface area (Å²) >= 11 is 0. The second-order valence-corrected chi connectivity index (χ2v) is 5.09. The van der Waals surface area contributed by atoms with Gasteiger partial charge in [0.1, 0.15) is 5.60 Å². The fourth-order valence-corrected chi connectivity index (χ4v) is 2.39. The molecule has 1 aliphatic heterocycles. The molecule has 1 atom stereocenters. The number of amides is 1. The quantitative estimate of drug-likeness (QED) is 0.830. The Morgan fingerprint density at radius 2 is 2.33 bits per heavy atom. The number of rotatable bonds is 3. The fraction of sp³-hybridized carbons (Fsp3) is 0.500. The minimum atomic E-state index is -0.644. The number of ether oxygens (including phenoxy) is 1. The van der Waals surface area contributed by atoms with Gasteiger partial charge in [-0.1, -0.05) is 12.1 Å². The van der Waals surface area contributed by atoms with E-state index in [0.717, 1.165) is 24.1 Å². The Balaban J connectivity index is 2.03. The summed E-state index contributed by atoms with van der Waals surface area (Å²) in [5.74, 6) is 0.0439. The molecule has 98 valence electrons. The highest BCUT2D eigenvalue weighted by Crippen LogP contribution is 2.27. The highest BCUT2D eigenvalue weighted by atomic mass is 16.5. The zero-order chi connectivity index (χ0) is 13.2. The van der Waals surface area contributed by atoms with Gasteiger partial charge in [-0.2, -0.15) is 0 Å². The lowest BCUT2D eigenvalue weighted by atomic mass is 10.0. The Morgan fingerprint density at radius 3 is 2.94 bits per heavy atom. The van der Waals surface area contributed by atoms with E-state index in [1.807, 2.05) is 31.2 Å². The number of hydrogen-bond donors (Lipinski definition) is 1. The van der Waals surface area contributed by atoms with Crippen molar-refractivity contribution in [3.05, 3.63) is 29.8 Å². The fourth-order valence-electron chi connectivity index (χ4n) is 2.39. The van der Waals surface area contributed by atoms with Crippen LogP contribution in [0.5, 0.6) is 0 Å². The first-order chi connectivity index (χ1) is 8.51. The second-order valence-electron chi connectivity index (χ2n) is 5.09. The van der Waals surface area contributed by atoms with Gasteiger partial charge in [0.2, 0.25) is 0 Å². The molecule has 1 amide bonds. The largest absolute Gasteiger partial charge is 0.399 e. The van der Waals surface area contributed by atoms with Crippen molar-refractivity contribution in [2.45, 2.75) is 31.9 Å². The summed E-state index contributed by atoms with van der Waals surface area (Å²) in [5.41, 5.74) is 6.84. The summed E-state index contributed by atoms with van der Waals surface area (Å²) in [7, 11) is 1.80. The van der Waals surface area contributed by atoms with Crippen molar-refractivity contribution in [1.29, 1.82) is 0 Å².